The molecule has 1 aliphatic heterocycles. The van der Waals surface area contributed by atoms with Crippen LogP contribution in [0.5, 0.6) is 0 Å². The Labute approximate surface area is 326 Å². The first-order valence-electron chi connectivity index (χ1n) is 20.2. The van der Waals surface area contributed by atoms with Crippen LogP contribution in [0.1, 0.15) is 129 Å². The number of phosphoric ester groups is 1. The van der Waals surface area contributed by atoms with Gasteiger partial charge in [0.1, 0.15) is 6.61 Å². The van der Waals surface area contributed by atoms with Gasteiger partial charge < -0.3 is 24.8 Å². The number of hydrogen-bond acceptors (Lipinski definition) is 9. The molecule has 0 saturated carbocycles. The average Bonchev–Trinajstić information content (AvgIpc) is 3.91. The first-order chi connectivity index (χ1) is 26.3. The smallest absolute Gasteiger partial charge is 0.462 e. The van der Waals surface area contributed by atoms with Crippen molar-refractivity contribution >= 4 is 19.8 Å². The van der Waals surface area contributed by atoms with Gasteiger partial charge in [-0.1, -0.05) is 112 Å². The van der Waals surface area contributed by atoms with Crippen molar-refractivity contribution in [2.75, 3.05) is 26.4 Å². The van der Waals surface area contributed by atoms with Gasteiger partial charge in [-0.15, -0.1) is 0 Å². The van der Waals surface area contributed by atoms with E-state index in [1.807, 2.05) is 0 Å². The van der Waals surface area contributed by atoms with E-state index in [0.29, 0.717) is 19.3 Å². The molecule has 10 nitrogen and oxygen atoms in total. The van der Waals surface area contributed by atoms with Crippen LogP contribution >= 0.6 is 7.82 Å². The van der Waals surface area contributed by atoms with Crippen molar-refractivity contribution in [3.8, 4) is 0 Å². The number of esters is 2. The summed E-state index contributed by atoms with van der Waals surface area (Å²) in [5.41, 5.74) is 5.34. The van der Waals surface area contributed by atoms with Crippen LogP contribution in [0.4, 0.5) is 0 Å². The zero-order valence-electron chi connectivity index (χ0n) is 33.1. The third-order valence-corrected chi connectivity index (χ3v) is 9.17. The Balaban J connectivity index is 2.31. The summed E-state index contributed by atoms with van der Waals surface area (Å²) in [5, 5.41) is 0. The molecule has 1 saturated heterocycles. The highest BCUT2D eigenvalue weighted by Crippen LogP contribution is 2.43. The third-order valence-electron chi connectivity index (χ3n) is 8.19. The zero-order valence-corrected chi connectivity index (χ0v) is 34.0. The number of epoxide rings is 1. The SMILES string of the molecule is CC/C=C\C/C=C\C/C=C\C/C=C\CCCCC(=O)OC[C@H](COP(=O)(O)OCCN)OC(=O)CCCC1OC1C/C=C\C/C=C\C/C=C\CCCCC. The lowest BCUT2D eigenvalue weighted by Gasteiger charge is -2.19. The minimum absolute atomic E-state index is 0.0305. The van der Waals surface area contributed by atoms with Gasteiger partial charge >= 0.3 is 19.8 Å². The van der Waals surface area contributed by atoms with E-state index in [1.54, 1.807) is 0 Å². The third kappa shape index (κ3) is 31.5. The van der Waals surface area contributed by atoms with Gasteiger partial charge in [-0.3, -0.25) is 18.6 Å². The number of unbranched alkanes of at least 4 members (excludes halogenated alkanes) is 5. The molecule has 11 heteroatoms. The van der Waals surface area contributed by atoms with E-state index in [4.69, 9.17) is 29.0 Å². The van der Waals surface area contributed by atoms with Crippen molar-refractivity contribution < 1.29 is 42.3 Å². The average molecular weight is 776 g/mol. The van der Waals surface area contributed by atoms with Crippen molar-refractivity contribution in [2.45, 2.75) is 148 Å². The molecule has 1 fully saturated rings. The minimum Gasteiger partial charge on any atom is -0.462 e. The fraction of sp³-hybridized carbons (Fsp3) is 0.628. The molecule has 1 rings (SSSR count). The lowest BCUT2D eigenvalue weighted by molar-refractivity contribution is -0.161. The monoisotopic (exact) mass is 775 g/mol. The lowest BCUT2D eigenvalue weighted by atomic mass is 10.1. The van der Waals surface area contributed by atoms with Gasteiger partial charge in [0, 0.05) is 19.4 Å². The second-order valence-electron chi connectivity index (χ2n) is 13.2. The summed E-state index contributed by atoms with van der Waals surface area (Å²) in [6, 6.07) is 0. The molecule has 1 heterocycles. The van der Waals surface area contributed by atoms with Crippen molar-refractivity contribution in [3.05, 3.63) is 85.1 Å². The van der Waals surface area contributed by atoms with Gasteiger partial charge in [-0.2, -0.15) is 0 Å². The van der Waals surface area contributed by atoms with Crippen LogP contribution in [0, 0.1) is 0 Å². The highest BCUT2D eigenvalue weighted by atomic mass is 31.2. The molecule has 0 spiro atoms. The van der Waals surface area contributed by atoms with E-state index < -0.39 is 32.5 Å². The van der Waals surface area contributed by atoms with E-state index in [2.05, 4.69) is 98.9 Å². The minimum atomic E-state index is -4.41. The number of allylic oxidation sites excluding steroid dienone is 13. The molecule has 0 aromatic carbocycles. The maximum absolute atomic E-state index is 12.6. The summed E-state index contributed by atoms with van der Waals surface area (Å²) >= 11 is 0. The van der Waals surface area contributed by atoms with E-state index in [-0.39, 0.29) is 44.8 Å². The Morgan fingerprint density at radius 1 is 0.685 bits per heavy atom. The van der Waals surface area contributed by atoms with Crippen LogP contribution in [-0.2, 0) is 37.4 Å². The second-order valence-corrected chi connectivity index (χ2v) is 14.6. The van der Waals surface area contributed by atoms with Crippen molar-refractivity contribution in [2.24, 2.45) is 5.73 Å². The summed E-state index contributed by atoms with van der Waals surface area (Å²) in [5.74, 6) is -0.965. The Morgan fingerprint density at radius 3 is 1.83 bits per heavy atom. The Morgan fingerprint density at radius 2 is 1.24 bits per heavy atom. The Hall–Kier alpha value is -2.85. The summed E-state index contributed by atoms with van der Waals surface area (Å²) in [6.07, 6.45) is 44.9. The van der Waals surface area contributed by atoms with E-state index in [0.717, 1.165) is 64.2 Å². The predicted molar refractivity (Wildman–Crippen MR) is 219 cm³/mol. The maximum Gasteiger partial charge on any atom is 0.472 e. The molecule has 0 radical (unpaired) electrons. The highest BCUT2D eigenvalue weighted by Gasteiger charge is 2.36. The molecule has 54 heavy (non-hydrogen) atoms. The molecule has 0 amide bonds. The molecule has 0 bridgehead atoms. The van der Waals surface area contributed by atoms with Crippen molar-refractivity contribution in [1.82, 2.24) is 0 Å². The molecule has 306 valence electrons. The summed E-state index contributed by atoms with van der Waals surface area (Å²) < 4.78 is 38.4. The quantitative estimate of drug-likeness (QED) is 0.0210. The number of phosphoric acid groups is 1. The standard InChI is InChI=1S/C43H70NO9P/c1-3-5-7-9-11-13-15-17-18-19-21-23-25-27-29-33-42(45)49-37-39(38-51-54(47,48)50-36-35-44)52-43(46)34-30-32-41-40(53-41)31-28-26-24-22-20-16-14-12-10-8-6-4-2/h5,7,11-14,17-18,20-23,26,28,39-41H,3-4,6,8-10,15-16,19,24-25,27,29-38,44H2,1-2H3,(H,47,48)/b7-5-,13-11-,14-12-,18-17-,22-20-,23-21-,28-26-/t39-,40?,41?/m1/s1. The normalized spacial score (nSPS) is 18.0. The molecule has 1 aliphatic rings. The molecular weight excluding hydrogens is 705 g/mol. The number of rotatable bonds is 35. The maximum atomic E-state index is 12.6. The fourth-order valence-electron chi connectivity index (χ4n) is 5.12. The largest absolute Gasteiger partial charge is 0.472 e. The lowest BCUT2D eigenvalue weighted by Crippen LogP contribution is -2.29. The van der Waals surface area contributed by atoms with Gasteiger partial charge in [0.15, 0.2) is 6.10 Å². The number of carbonyl (C=O) groups excluding carboxylic acids is 2. The molecule has 4 atom stereocenters. The first-order valence-corrected chi connectivity index (χ1v) is 21.7. The Kier molecular flexibility index (Phi) is 31.5. The van der Waals surface area contributed by atoms with Gasteiger partial charge in [0.2, 0.25) is 0 Å². The van der Waals surface area contributed by atoms with Crippen LogP contribution < -0.4 is 5.73 Å². The number of ether oxygens (including phenoxy) is 3. The summed E-state index contributed by atoms with van der Waals surface area (Å²) in [6.45, 7) is 3.42. The van der Waals surface area contributed by atoms with Crippen LogP contribution in [0.25, 0.3) is 0 Å². The zero-order chi connectivity index (χ0) is 39.4. The van der Waals surface area contributed by atoms with Gasteiger partial charge in [-0.05, 0) is 89.9 Å². The molecule has 0 aliphatic carbocycles. The second kappa shape index (κ2) is 34.6. The molecule has 0 aromatic heterocycles. The van der Waals surface area contributed by atoms with Crippen molar-refractivity contribution in [1.29, 1.82) is 0 Å². The van der Waals surface area contributed by atoms with Crippen LogP contribution in [0.2, 0.25) is 0 Å². The van der Waals surface area contributed by atoms with Crippen LogP contribution in [0.3, 0.4) is 0 Å². The molecule has 3 unspecified atom stereocenters. The van der Waals surface area contributed by atoms with E-state index >= 15 is 0 Å². The molecule has 0 aromatic rings. The number of hydrogen-bond donors (Lipinski definition) is 2. The van der Waals surface area contributed by atoms with Gasteiger partial charge in [0.25, 0.3) is 0 Å². The molecular formula is C43H70NO9P. The topological polar surface area (TPSA) is 147 Å². The van der Waals surface area contributed by atoms with Crippen molar-refractivity contribution in [3.63, 3.8) is 0 Å². The van der Waals surface area contributed by atoms with Gasteiger partial charge in [0.05, 0.1) is 25.4 Å². The first kappa shape index (κ1) is 49.2. The van der Waals surface area contributed by atoms with E-state index in [1.165, 1.54) is 19.3 Å². The Bertz CT molecular complexity index is 1220. The fourth-order valence-corrected chi connectivity index (χ4v) is 5.89. The number of carbonyl (C=O) groups is 2. The van der Waals surface area contributed by atoms with Crippen LogP contribution in [-0.4, -0.2) is 61.5 Å². The molecule has 3 N–H and O–H groups in total. The summed E-state index contributed by atoms with van der Waals surface area (Å²) in [7, 11) is -4.41. The highest BCUT2D eigenvalue weighted by molar-refractivity contribution is 7.47. The van der Waals surface area contributed by atoms with E-state index in [9.17, 15) is 19.0 Å². The summed E-state index contributed by atoms with van der Waals surface area (Å²) in [4.78, 5) is 34.9. The van der Waals surface area contributed by atoms with Gasteiger partial charge in [-0.25, -0.2) is 4.57 Å². The predicted octanol–water partition coefficient (Wildman–Crippen LogP) is 10.3. The number of nitrogens with two attached hydrogens (primary N) is 1. The van der Waals surface area contributed by atoms with Crippen LogP contribution in [0.15, 0.2) is 85.1 Å².